The third-order valence-corrected chi connectivity index (χ3v) is 2.65. The summed E-state index contributed by atoms with van der Waals surface area (Å²) in [6.45, 7) is 0.106. The number of hydrogen-bond acceptors (Lipinski definition) is 3. The van der Waals surface area contributed by atoms with E-state index in [1.54, 1.807) is 22.8 Å². The van der Waals surface area contributed by atoms with Gasteiger partial charge >= 0.3 is 0 Å². The van der Waals surface area contributed by atoms with Crippen LogP contribution in [-0.4, -0.2) is 20.7 Å². The van der Waals surface area contributed by atoms with Gasteiger partial charge in [0.15, 0.2) is 0 Å². The minimum Gasteiger partial charge on any atom is -0.322 e. The van der Waals surface area contributed by atoms with Crippen molar-refractivity contribution in [1.29, 1.82) is 0 Å². The highest BCUT2D eigenvalue weighted by Crippen LogP contribution is 2.29. The number of carbonyl (C=O) groups excluding carboxylic acids is 1. The lowest BCUT2D eigenvalue weighted by Gasteiger charge is -2.08. The Hall–Kier alpha value is -1.59. The van der Waals surface area contributed by atoms with Gasteiger partial charge in [-0.25, -0.2) is 0 Å². The Morgan fingerprint density at radius 1 is 1.24 bits per heavy atom. The summed E-state index contributed by atoms with van der Waals surface area (Å²) in [5.74, 6) is -0.250. The molecule has 0 radical (unpaired) electrons. The largest absolute Gasteiger partial charge is 0.322 e. The lowest BCUT2D eigenvalue weighted by molar-refractivity contribution is -0.116. The third kappa shape index (κ3) is 2.95. The van der Waals surface area contributed by atoms with E-state index >= 15 is 0 Å². The van der Waals surface area contributed by atoms with Gasteiger partial charge in [0.25, 0.3) is 0 Å². The van der Waals surface area contributed by atoms with Crippen LogP contribution in [0.5, 0.6) is 0 Å². The molecule has 1 heterocycles. The molecule has 0 aliphatic rings. The van der Waals surface area contributed by atoms with Crippen LogP contribution in [0.3, 0.4) is 0 Å². The van der Waals surface area contributed by atoms with Gasteiger partial charge in [-0.05, 0) is 12.1 Å². The molecule has 0 aliphatic carbocycles. The smallest absolute Gasteiger partial charge is 0.244 e. The Morgan fingerprint density at radius 3 is 2.41 bits per heavy atom. The number of hydrogen-bond donors (Lipinski definition) is 1. The Balaban J connectivity index is 2.08. The summed E-state index contributed by atoms with van der Waals surface area (Å²) in [4.78, 5) is 11.7. The fourth-order valence-corrected chi connectivity index (χ4v) is 1.76. The highest BCUT2D eigenvalue weighted by atomic mass is 35.5. The summed E-state index contributed by atoms with van der Waals surface area (Å²) in [6, 6.07) is 5.02. The molecular weight excluding hydrogens is 263 g/mol. The normalized spacial score (nSPS) is 10.2. The van der Waals surface area contributed by atoms with Crippen LogP contribution < -0.4 is 5.32 Å². The van der Waals surface area contributed by atoms with Crippen molar-refractivity contribution in [2.24, 2.45) is 0 Å². The topological polar surface area (TPSA) is 59.8 Å². The van der Waals surface area contributed by atoms with Crippen LogP contribution in [0.4, 0.5) is 5.69 Å². The van der Waals surface area contributed by atoms with E-state index in [-0.39, 0.29) is 12.5 Å². The Kier molecular flexibility index (Phi) is 3.61. The number of amides is 1. The predicted octanol–water partition coefficient (Wildman–Crippen LogP) is 2.22. The molecule has 0 bridgehead atoms. The number of nitrogens with one attached hydrogen (secondary N) is 1. The summed E-state index contributed by atoms with van der Waals surface area (Å²) in [5, 5.41) is 10.6. The van der Waals surface area contributed by atoms with E-state index in [1.165, 1.54) is 12.7 Å². The molecule has 1 aromatic carbocycles. The molecule has 0 aliphatic heterocycles. The number of carbonyl (C=O) groups is 1. The van der Waals surface area contributed by atoms with Crippen molar-refractivity contribution in [2.45, 2.75) is 6.54 Å². The standard InChI is InChI=1S/C10H8Cl2N4O/c11-7-2-1-3-8(12)10(7)15-9(17)4-16-5-13-14-6-16/h1-3,5-6H,4H2,(H,15,17). The molecule has 0 saturated carbocycles. The maximum absolute atomic E-state index is 11.7. The molecule has 7 heteroatoms. The number of rotatable bonds is 3. The highest BCUT2D eigenvalue weighted by Gasteiger charge is 2.09. The minimum atomic E-state index is -0.250. The fourth-order valence-electron chi connectivity index (χ4n) is 1.27. The Labute approximate surface area is 107 Å². The van der Waals surface area contributed by atoms with E-state index in [9.17, 15) is 4.79 Å². The van der Waals surface area contributed by atoms with E-state index < -0.39 is 0 Å². The van der Waals surface area contributed by atoms with E-state index in [4.69, 9.17) is 23.2 Å². The molecule has 2 aromatic rings. The lowest BCUT2D eigenvalue weighted by Crippen LogP contribution is -2.18. The van der Waals surface area contributed by atoms with E-state index in [0.29, 0.717) is 15.7 Å². The predicted molar refractivity (Wildman–Crippen MR) is 65.1 cm³/mol. The second kappa shape index (κ2) is 5.16. The summed E-state index contributed by atoms with van der Waals surface area (Å²) in [7, 11) is 0. The molecule has 88 valence electrons. The molecule has 2 rings (SSSR count). The zero-order valence-corrected chi connectivity index (χ0v) is 10.1. The first-order valence-corrected chi connectivity index (χ1v) is 5.48. The van der Waals surface area contributed by atoms with Gasteiger partial charge in [-0.1, -0.05) is 29.3 Å². The Bertz CT molecular complexity index is 507. The van der Waals surface area contributed by atoms with Crippen LogP contribution in [0.25, 0.3) is 0 Å². The first-order chi connectivity index (χ1) is 8.16. The van der Waals surface area contributed by atoms with Gasteiger partial charge in [-0.15, -0.1) is 10.2 Å². The molecule has 1 N–H and O–H groups in total. The zero-order valence-electron chi connectivity index (χ0n) is 8.60. The van der Waals surface area contributed by atoms with Crippen molar-refractivity contribution in [3.05, 3.63) is 40.9 Å². The second-order valence-electron chi connectivity index (χ2n) is 3.28. The number of para-hydroxylation sites is 1. The third-order valence-electron chi connectivity index (χ3n) is 2.02. The van der Waals surface area contributed by atoms with Gasteiger partial charge in [-0.2, -0.15) is 0 Å². The van der Waals surface area contributed by atoms with Crippen LogP contribution in [0.1, 0.15) is 0 Å². The quantitative estimate of drug-likeness (QED) is 0.931. The first-order valence-electron chi connectivity index (χ1n) is 4.73. The van der Waals surface area contributed by atoms with Gasteiger partial charge < -0.3 is 9.88 Å². The highest BCUT2D eigenvalue weighted by molar-refractivity contribution is 6.39. The molecule has 0 saturated heterocycles. The van der Waals surface area contributed by atoms with Crippen molar-refractivity contribution >= 4 is 34.8 Å². The molecule has 0 fully saturated rings. The molecule has 0 unspecified atom stereocenters. The van der Waals surface area contributed by atoms with Crippen molar-refractivity contribution in [3.63, 3.8) is 0 Å². The number of aromatic nitrogens is 3. The van der Waals surface area contributed by atoms with E-state index in [0.717, 1.165) is 0 Å². The maximum atomic E-state index is 11.7. The molecule has 0 spiro atoms. The summed E-state index contributed by atoms with van der Waals surface area (Å²) < 4.78 is 1.54. The molecular formula is C10H8Cl2N4O. The van der Waals surface area contributed by atoms with E-state index in [1.807, 2.05) is 0 Å². The van der Waals surface area contributed by atoms with Gasteiger partial charge in [0.05, 0.1) is 15.7 Å². The van der Waals surface area contributed by atoms with Gasteiger partial charge in [-0.3, -0.25) is 4.79 Å². The SMILES string of the molecule is O=C(Cn1cnnc1)Nc1c(Cl)cccc1Cl. The van der Waals surface area contributed by atoms with Crippen LogP contribution in [0.15, 0.2) is 30.9 Å². The molecule has 0 atom stereocenters. The number of nitrogens with zero attached hydrogens (tertiary/aromatic N) is 3. The molecule has 5 nitrogen and oxygen atoms in total. The monoisotopic (exact) mass is 270 g/mol. The summed E-state index contributed by atoms with van der Waals surface area (Å²) in [6.07, 6.45) is 2.90. The molecule has 1 aromatic heterocycles. The van der Waals surface area contributed by atoms with Crippen LogP contribution >= 0.6 is 23.2 Å². The first kappa shape index (κ1) is 11.9. The average Bonchev–Trinajstić information content (AvgIpc) is 2.76. The van der Waals surface area contributed by atoms with Crippen LogP contribution in [-0.2, 0) is 11.3 Å². The van der Waals surface area contributed by atoms with Crippen LogP contribution in [0.2, 0.25) is 10.0 Å². The minimum absolute atomic E-state index is 0.106. The summed E-state index contributed by atoms with van der Waals surface area (Å²) in [5.41, 5.74) is 0.411. The van der Waals surface area contributed by atoms with Gasteiger partial charge in [0.1, 0.15) is 19.2 Å². The Morgan fingerprint density at radius 2 is 1.82 bits per heavy atom. The van der Waals surface area contributed by atoms with Gasteiger partial charge in [0.2, 0.25) is 5.91 Å². The zero-order chi connectivity index (χ0) is 12.3. The van der Waals surface area contributed by atoms with Crippen molar-refractivity contribution in [2.75, 3.05) is 5.32 Å². The van der Waals surface area contributed by atoms with Crippen molar-refractivity contribution in [3.8, 4) is 0 Å². The number of anilines is 1. The maximum Gasteiger partial charge on any atom is 0.244 e. The number of benzene rings is 1. The van der Waals surface area contributed by atoms with Crippen LogP contribution in [0, 0.1) is 0 Å². The van der Waals surface area contributed by atoms with Gasteiger partial charge in [0, 0.05) is 0 Å². The lowest BCUT2D eigenvalue weighted by atomic mass is 10.3. The second-order valence-corrected chi connectivity index (χ2v) is 4.09. The molecule has 17 heavy (non-hydrogen) atoms. The van der Waals surface area contributed by atoms with E-state index in [2.05, 4.69) is 15.5 Å². The summed E-state index contributed by atoms with van der Waals surface area (Å²) >= 11 is 11.8. The average molecular weight is 271 g/mol. The van der Waals surface area contributed by atoms with Crippen molar-refractivity contribution in [1.82, 2.24) is 14.8 Å². The number of halogens is 2. The van der Waals surface area contributed by atoms with Crippen molar-refractivity contribution < 1.29 is 4.79 Å². The fraction of sp³-hybridized carbons (Fsp3) is 0.100. The molecule has 1 amide bonds.